The van der Waals surface area contributed by atoms with Crippen molar-refractivity contribution >= 4 is 34.9 Å². The Kier molecular flexibility index (Phi) is 4.54. The van der Waals surface area contributed by atoms with Crippen molar-refractivity contribution in [1.82, 2.24) is 15.3 Å². The van der Waals surface area contributed by atoms with Gasteiger partial charge in [-0.15, -0.1) is 0 Å². The lowest BCUT2D eigenvalue weighted by Gasteiger charge is -2.23. The number of aromatic nitrogens is 2. The summed E-state index contributed by atoms with van der Waals surface area (Å²) in [4.78, 5) is 19.2. The molecule has 1 amide bonds. The Hall–Kier alpha value is -1.07. The lowest BCUT2D eigenvalue weighted by Crippen LogP contribution is -2.39. The van der Waals surface area contributed by atoms with Crippen molar-refractivity contribution in [3.8, 4) is 0 Å². The molecular formula is C10H14Cl2N4O. The third kappa shape index (κ3) is 3.71. The minimum Gasteiger partial charge on any atom is -0.368 e. The Bertz CT molecular complexity index is 423. The summed E-state index contributed by atoms with van der Waals surface area (Å²) < 4.78 is 0. The molecule has 1 rings (SSSR count). The number of nitrogens with one attached hydrogen (secondary N) is 2. The van der Waals surface area contributed by atoms with Crippen LogP contribution in [0.3, 0.4) is 0 Å². The fraction of sp³-hybridized carbons (Fsp3) is 0.500. The summed E-state index contributed by atoms with van der Waals surface area (Å²) in [7, 11) is 1.60. The third-order valence-electron chi connectivity index (χ3n) is 2.25. The van der Waals surface area contributed by atoms with Gasteiger partial charge in [0.1, 0.15) is 10.8 Å². The summed E-state index contributed by atoms with van der Waals surface area (Å²) in [5.41, 5.74) is -0.574. The van der Waals surface area contributed by atoms with Crippen LogP contribution in [0.5, 0.6) is 0 Å². The smallest absolute Gasteiger partial charge is 0.227 e. The molecule has 1 aromatic heterocycles. The van der Waals surface area contributed by atoms with Gasteiger partial charge in [0, 0.05) is 13.6 Å². The number of rotatable bonds is 4. The zero-order valence-electron chi connectivity index (χ0n) is 9.84. The topological polar surface area (TPSA) is 66.9 Å². The predicted octanol–water partition coefficient (Wildman–Crippen LogP) is 1.97. The number of carbonyl (C=O) groups excluding carboxylic acids is 1. The molecular weight excluding hydrogens is 263 g/mol. The molecule has 0 fully saturated rings. The Labute approximate surface area is 110 Å². The quantitative estimate of drug-likeness (QED) is 0.826. The number of hydrogen-bond donors (Lipinski definition) is 2. The van der Waals surface area contributed by atoms with Gasteiger partial charge in [-0.3, -0.25) is 4.79 Å². The van der Waals surface area contributed by atoms with Crippen LogP contribution in [-0.2, 0) is 4.79 Å². The fourth-order valence-electron chi connectivity index (χ4n) is 1.19. The number of halogens is 2. The lowest BCUT2D eigenvalue weighted by atomic mass is 9.92. The van der Waals surface area contributed by atoms with E-state index in [2.05, 4.69) is 20.6 Å². The molecule has 94 valence electrons. The third-order valence-corrected chi connectivity index (χ3v) is 2.71. The molecule has 17 heavy (non-hydrogen) atoms. The molecule has 0 spiro atoms. The van der Waals surface area contributed by atoms with E-state index < -0.39 is 5.41 Å². The normalized spacial score (nSPS) is 11.1. The van der Waals surface area contributed by atoms with E-state index in [0.717, 1.165) is 0 Å². The molecule has 0 aromatic carbocycles. The highest BCUT2D eigenvalue weighted by molar-refractivity contribution is 6.33. The van der Waals surface area contributed by atoms with E-state index in [1.807, 2.05) is 13.8 Å². The maximum absolute atomic E-state index is 11.6. The molecule has 0 bridgehead atoms. The van der Waals surface area contributed by atoms with Crippen LogP contribution in [0.15, 0.2) is 6.20 Å². The first-order valence-electron chi connectivity index (χ1n) is 5.01. The maximum Gasteiger partial charge on any atom is 0.227 e. The van der Waals surface area contributed by atoms with Gasteiger partial charge < -0.3 is 10.6 Å². The molecule has 1 aromatic rings. The Morgan fingerprint density at radius 3 is 2.71 bits per heavy atom. The van der Waals surface area contributed by atoms with E-state index in [0.29, 0.717) is 17.4 Å². The minimum atomic E-state index is -0.574. The number of carbonyl (C=O) groups is 1. The largest absolute Gasteiger partial charge is 0.368 e. The number of anilines is 1. The Morgan fingerprint density at radius 2 is 2.12 bits per heavy atom. The van der Waals surface area contributed by atoms with Crippen LogP contribution in [0.2, 0.25) is 10.3 Å². The molecule has 5 nitrogen and oxygen atoms in total. The van der Waals surface area contributed by atoms with Crippen molar-refractivity contribution in [1.29, 1.82) is 0 Å². The van der Waals surface area contributed by atoms with Gasteiger partial charge in [-0.25, -0.2) is 4.98 Å². The van der Waals surface area contributed by atoms with Crippen molar-refractivity contribution in [2.24, 2.45) is 5.41 Å². The first kappa shape index (κ1) is 14.0. The second-order valence-electron chi connectivity index (χ2n) is 4.15. The number of nitrogens with zero attached hydrogens (tertiary/aromatic N) is 2. The molecule has 0 aliphatic rings. The number of hydrogen-bond acceptors (Lipinski definition) is 4. The van der Waals surface area contributed by atoms with Gasteiger partial charge in [0.25, 0.3) is 0 Å². The van der Waals surface area contributed by atoms with Crippen molar-refractivity contribution in [3.05, 3.63) is 16.5 Å². The van der Waals surface area contributed by atoms with Crippen LogP contribution >= 0.6 is 23.2 Å². The van der Waals surface area contributed by atoms with Crippen LogP contribution < -0.4 is 10.6 Å². The first-order chi connectivity index (χ1) is 7.86. The van der Waals surface area contributed by atoms with E-state index in [4.69, 9.17) is 23.2 Å². The van der Waals surface area contributed by atoms with E-state index >= 15 is 0 Å². The van der Waals surface area contributed by atoms with Crippen molar-refractivity contribution in [3.63, 3.8) is 0 Å². The summed E-state index contributed by atoms with van der Waals surface area (Å²) in [5.74, 6) is 0.352. The molecule has 2 N–H and O–H groups in total. The SMILES string of the molecule is CNC(=O)C(C)(C)CNc1nc(Cl)ncc1Cl. The number of amides is 1. The highest BCUT2D eigenvalue weighted by Gasteiger charge is 2.26. The molecule has 0 aliphatic carbocycles. The van der Waals surface area contributed by atoms with Crippen LogP contribution in [0.4, 0.5) is 5.82 Å². The highest BCUT2D eigenvalue weighted by Crippen LogP contribution is 2.22. The van der Waals surface area contributed by atoms with Gasteiger partial charge in [-0.2, -0.15) is 4.98 Å². The van der Waals surface area contributed by atoms with Gasteiger partial charge in [-0.05, 0) is 25.4 Å². The summed E-state index contributed by atoms with van der Waals surface area (Å²) in [6.07, 6.45) is 1.41. The first-order valence-corrected chi connectivity index (χ1v) is 5.76. The molecule has 1 heterocycles. The van der Waals surface area contributed by atoms with Gasteiger partial charge in [0.05, 0.1) is 11.6 Å². The van der Waals surface area contributed by atoms with Crippen molar-refractivity contribution < 1.29 is 4.79 Å². The van der Waals surface area contributed by atoms with Crippen molar-refractivity contribution in [2.45, 2.75) is 13.8 Å². The van der Waals surface area contributed by atoms with Gasteiger partial charge >= 0.3 is 0 Å². The van der Waals surface area contributed by atoms with E-state index in [1.54, 1.807) is 7.05 Å². The Balaban J connectivity index is 2.73. The van der Waals surface area contributed by atoms with E-state index in [-0.39, 0.29) is 11.2 Å². The van der Waals surface area contributed by atoms with E-state index in [1.165, 1.54) is 6.20 Å². The van der Waals surface area contributed by atoms with Gasteiger partial charge in [-0.1, -0.05) is 11.6 Å². The summed E-state index contributed by atoms with van der Waals surface area (Å²) in [5, 5.41) is 6.05. The van der Waals surface area contributed by atoms with Crippen LogP contribution in [0.1, 0.15) is 13.8 Å². The monoisotopic (exact) mass is 276 g/mol. The average molecular weight is 277 g/mol. The minimum absolute atomic E-state index is 0.0683. The summed E-state index contributed by atoms with van der Waals surface area (Å²) >= 11 is 11.5. The molecule has 0 radical (unpaired) electrons. The van der Waals surface area contributed by atoms with Gasteiger partial charge in [0.15, 0.2) is 0 Å². The summed E-state index contributed by atoms with van der Waals surface area (Å²) in [6, 6.07) is 0. The lowest BCUT2D eigenvalue weighted by molar-refractivity contribution is -0.128. The highest BCUT2D eigenvalue weighted by atomic mass is 35.5. The second kappa shape index (κ2) is 5.51. The zero-order valence-corrected chi connectivity index (χ0v) is 11.4. The fourth-order valence-corrected chi connectivity index (χ4v) is 1.48. The van der Waals surface area contributed by atoms with Gasteiger partial charge in [0.2, 0.25) is 11.2 Å². The molecule has 7 heteroatoms. The molecule has 0 aliphatic heterocycles. The standard InChI is InChI=1S/C10H14Cl2N4O/c1-10(2,8(17)13-3)5-15-7-6(11)4-14-9(12)16-7/h4H,5H2,1-3H3,(H,13,17)(H,14,15,16). The van der Waals surface area contributed by atoms with Crippen LogP contribution in [-0.4, -0.2) is 29.5 Å². The molecule has 0 saturated heterocycles. The second-order valence-corrected chi connectivity index (χ2v) is 4.90. The van der Waals surface area contributed by atoms with Crippen LogP contribution in [0.25, 0.3) is 0 Å². The summed E-state index contributed by atoms with van der Waals surface area (Å²) in [6.45, 7) is 4.02. The zero-order chi connectivity index (χ0) is 13.1. The Morgan fingerprint density at radius 1 is 1.47 bits per heavy atom. The maximum atomic E-state index is 11.6. The molecule has 0 unspecified atom stereocenters. The molecule has 0 atom stereocenters. The molecule has 0 saturated carbocycles. The predicted molar refractivity (Wildman–Crippen MR) is 68.4 cm³/mol. The van der Waals surface area contributed by atoms with Crippen molar-refractivity contribution in [2.75, 3.05) is 18.9 Å². The van der Waals surface area contributed by atoms with E-state index in [9.17, 15) is 4.79 Å². The van der Waals surface area contributed by atoms with Crippen LogP contribution in [0, 0.1) is 5.41 Å². The average Bonchev–Trinajstić information content (AvgIpc) is 2.29.